The Hall–Kier alpha value is -6.91. The van der Waals surface area contributed by atoms with Crippen molar-refractivity contribution in [3.05, 3.63) is 58.7 Å². The molecule has 4 aliphatic heterocycles. The van der Waals surface area contributed by atoms with Crippen molar-refractivity contribution in [3.63, 3.8) is 0 Å². The first-order valence-electron chi connectivity index (χ1n) is 23.4. The molecule has 2 spiro atoms. The number of imide groups is 8. The number of carbonyl (C=O) groups is 12. The van der Waals surface area contributed by atoms with Crippen molar-refractivity contribution >= 4 is 82.6 Å². The predicted molar refractivity (Wildman–Crippen MR) is 258 cm³/mol. The molecule has 2 saturated carbocycles. The summed E-state index contributed by atoms with van der Waals surface area (Å²) in [5, 5.41) is 9.02. The standard InChI is InChI=1S/C25H28N2O9.C22H24N2O8.C3H5ClO.CH4/c1-14(28)13-34-10-11-35-17-7-5-6-15-18(17)21(31)26(19(15)29)16-12-25(8-9-25)22(32)27(20(16)30)23(33)36-24(2,3)4;1-21(2,3)32-20(30)24-17(27)13(11-22(7-8-22)19(24)29)23-16(26)12-5-4-6-14(31-10-9-25)15(12)18(23)28;1-3(5)2-4;/h5-7,16H,8-13H2,1-4H3;4-6,13,25H,7-11H2,1-3H3;2H2,1H3;1H4. The zero-order valence-corrected chi connectivity index (χ0v) is 42.4. The van der Waals surface area contributed by atoms with Crippen molar-refractivity contribution in [2.75, 3.05) is 38.9 Å². The zero-order chi connectivity index (χ0) is 54.1. The number of ketones is 2. The fourth-order valence-electron chi connectivity index (χ4n) is 8.50. The van der Waals surface area contributed by atoms with Crippen LogP contribution in [-0.4, -0.2) is 158 Å². The van der Waals surface area contributed by atoms with E-state index in [1.165, 1.54) is 44.2 Å². The summed E-state index contributed by atoms with van der Waals surface area (Å²) < 4.78 is 26.7. The van der Waals surface area contributed by atoms with Crippen LogP contribution in [0.5, 0.6) is 11.5 Å². The van der Waals surface area contributed by atoms with Crippen LogP contribution in [0.1, 0.15) is 143 Å². The zero-order valence-electron chi connectivity index (χ0n) is 41.7. The van der Waals surface area contributed by atoms with Crippen molar-refractivity contribution < 1.29 is 86.3 Å². The number of fused-ring (bicyclic) bond motifs is 2. The summed E-state index contributed by atoms with van der Waals surface area (Å²) in [7, 11) is 0. The lowest BCUT2D eigenvalue weighted by atomic mass is 9.89. The monoisotopic (exact) mass is 1050 g/mol. The van der Waals surface area contributed by atoms with Gasteiger partial charge in [-0.05, 0) is 118 Å². The molecule has 2 aliphatic carbocycles. The van der Waals surface area contributed by atoms with Gasteiger partial charge >= 0.3 is 12.2 Å². The van der Waals surface area contributed by atoms with Crippen molar-refractivity contribution in [2.45, 2.75) is 125 Å². The summed E-state index contributed by atoms with van der Waals surface area (Å²) in [6, 6.07) is 6.31. The SMILES string of the molecule is C.CC(=O)CCl.CC(=O)COCCOc1cccc2c1C(=O)N(C1CC3(CC3)C(=O)N(C(=O)OC(C)(C)C)C1=O)C2=O.CC(C)(C)OC(=O)N1C(=O)C(N2C(=O)c3cccc(OCCO)c3C2=O)CC2(CC2)C1=O. The summed E-state index contributed by atoms with van der Waals surface area (Å²) in [4.78, 5) is 154. The van der Waals surface area contributed by atoms with Crippen LogP contribution < -0.4 is 9.47 Å². The molecular weight excluding hydrogens is 992 g/mol. The molecule has 2 saturated heterocycles. The van der Waals surface area contributed by atoms with Crippen LogP contribution >= 0.6 is 11.6 Å². The highest BCUT2D eigenvalue weighted by Crippen LogP contribution is 2.56. The third kappa shape index (κ3) is 12.0. The van der Waals surface area contributed by atoms with E-state index in [2.05, 4.69) is 0 Å². The topological polar surface area (TPSA) is 284 Å². The molecule has 23 heteroatoms. The van der Waals surface area contributed by atoms with Crippen LogP contribution in [0, 0.1) is 10.8 Å². The highest BCUT2D eigenvalue weighted by Gasteiger charge is 2.65. The molecule has 10 amide bonds. The number of aliphatic hydroxyl groups excluding tert-OH is 1. The van der Waals surface area contributed by atoms with Crippen LogP contribution in [0.4, 0.5) is 9.59 Å². The Bertz CT molecular complexity index is 2680. The molecule has 8 rings (SSSR count). The van der Waals surface area contributed by atoms with Gasteiger partial charge in [0.25, 0.3) is 35.4 Å². The Balaban J connectivity index is 0.000000249. The van der Waals surface area contributed by atoms with Crippen molar-refractivity contribution in [3.8, 4) is 11.5 Å². The molecule has 1 N–H and O–H groups in total. The molecule has 2 unspecified atom stereocenters. The van der Waals surface area contributed by atoms with Gasteiger partial charge in [0, 0.05) is 0 Å². The Morgan fingerprint density at radius 1 is 0.608 bits per heavy atom. The van der Waals surface area contributed by atoms with Crippen LogP contribution in [0.25, 0.3) is 0 Å². The van der Waals surface area contributed by atoms with E-state index in [1.54, 1.807) is 47.6 Å². The van der Waals surface area contributed by atoms with Gasteiger partial charge in [-0.15, -0.1) is 11.6 Å². The maximum Gasteiger partial charge on any atom is 0.424 e. The van der Waals surface area contributed by atoms with Crippen molar-refractivity contribution in [2.24, 2.45) is 10.8 Å². The van der Waals surface area contributed by atoms with Gasteiger partial charge in [-0.3, -0.25) is 57.7 Å². The molecule has 0 bridgehead atoms. The van der Waals surface area contributed by atoms with Crippen LogP contribution in [0.2, 0.25) is 0 Å². The van der Waals surface area contributed by atoms with Crippen LogP contribution in [0.3, 0.4) is 0 Å². The summed E-state index contributed by atoms with van der Waals surface area (Å²) >= 11 is 4.99. The van der Waals surface area contributed by atoms with E-state index >= 15 is 0 Å². The third-order valence-corrected chi connectivity index (χ3v) is 12.5. The lowest BCUT2D eigenvalue weighted by Gasteiger charge is -2.38. The summed E-state index contributed by atoms with van der Waals surface area (Å²) in [6.07, 6.45) is -0.565. The normalized spacial score (nSPS) is 20.0. The van der Waals surface area contributed by atoms with Gasteiger partial charge in [0.05, 0.1) is 52.2 Å². The predicted octanol–water partition coefficient (Wildman–Crippen LogP) is 5.06. The van der Waals surface area contributed by atoms with Gasteiger partial charge in [-0.2, -0.15) is 9.80 Å². The van der Waals surface area contributed by atoms with E-state index in [4.69, 9.17) is 40.4 Å². The Kier molecular flexibility index (Phi) is 17.5. The average molecular weight is 1050 g/mol. The highest BCUT2D eigenvalue weighted by molar-refractivity contribution is 6.28. The average Bonchev–Trinajstić information content (AvgIpc) is 4.23. The molecular formula is C51H61ClN4O18. The summed E-state index contributed by atoms with van der Waals surface area (Å²) in [5.41, 5.74) is -3.77. The highest BCUT2D eigenvalue weighted by atomic mass is 35.5. The number of carbonyl (C=O) groups excluding carboxylic acids is 12. The molecule has 2 aromatic carbocycles. The number of Topliss-reactive ketones (excluding diaryl/α,β-unsaturated/α-hetero) is 2. The van der Waals surface area contributed by atoms with Gasteiger partial charge in [-0.1, -0.05) is 19.6 Å². The number of aliphatic hydroxyl groups is 1. The first-order chi connectivity index (χ1) is 34.1. The second kappa shape index (κ2) is 22.3. The third-order valence-electron chi connectivity index (χ3n) is 12.1. The lowest BCUT2D eigenvalue weighted by Crippen LogP contribution is -2.61. The number of halogens is 1. The van der Waals surface area contributed by atoms with Crippen molar-refractivity contribution in [1.29, 1.82) is 0 Å². The van der Waals surface area contributed by atoms with Gasteiger partial charge in [0.15, 0.2) is 5.78 Å². The Morgan fingerprint density at radius 3 is 1.31 bits per heavy atom. The number of hydrogen-bond donors (Lipinski definition) is 1. The van der Waals surface area contributed by atoms with E-state index < -0.39 is 93.6 Å². The molecule has 4 fully saturated rings. The van der Waals surface area contributed by atoms with Gasteiger partial charge in [0.2, 0.25) is 11.8 Å². The van der Waals surface area contributed by atoms with Crippen LogP contribution in [0.15, 0.2) is 36.4 Å². The molecule has 22 nitrogen and oxygen atoms in total. The van der Waals surface area contributed by atoms with E-state index in [0.29, 0.717) is 35.5 Å². The minimum Gasteiger partial charge on any atom is -0.490 e. The number of ether oxygens (including phenoxy) is 5. The summed E-state index contributed by atoms with van der Waals surface area (Å²) in [5.74, 6) is -5.90. The smallest absolute Gasteiger partial charge is 0.424 e. The number of rotatable bonds is 12. The Labute approximate surface area is 431 Å². The second-order valence-electron chi connectivity index (χ2n) is 20.2. The maximum absolute atomic E-state index is 13.4. The van der Waals surface area contributed by atoms with Gasteiger partial charge in [0.1, 0.15) is 60.4 Å². The largest absolute Gasteiger partial charge is 0.490 e. The molecule has 0 aromatic heterocycles. The van der Waals surface area contributed by atoms with E-state index in [1.807, 2.05) is 0 Å². The van der Waals surface area contributed by atoms with Gasteiger partial charge < -0.3 is 28.8 Å². The molecule has 400 valence electrons. The molecule has 2 atom stereocenters. The molecule has 2 aromatic rings. The second-order valence-corrected chi connectivity index (χ2v) is 20.5. The minimum absolute atomic E-state index is 0. The number of amides is 10. The first kappa shape index (κ1) is 58.0. The van der Waals surface area contributed by atoms with Gasteiger partial charge in [-0.25, -0.2) is 9.59 Å². The number of hydrogen-bond acceptors (Lipinski definition) is 18. The Morgan fingerprint density at radius 2 is 0.986 bits per heavy atom. The lowest BCUT2D eigenvalue weighted by molar-refractivity contribution is -0.156. The molecule has 0 radical (unpaired) electrons. The first-order valence-corrected chi connectivity index (χ1v) is 23.9. The van der Waals surface area contributed by atoms with E-state index in [-0.39, 0.29) is 105 Å². The number of benzene rings is 2. The number of nitrogens with zero attached hydrogens (tertiary/aromatic N) is 4. The van der Waals surface area contributed by atoms with E-state index in [0.717, 1.165) is 9.80 Å². The quantitative estimate of drug-likeness (QED) is 0.165. The maximum atomic E-state index is 13.4. The molecule has 6 aliphatic rings. The number of piperidine rings is 2. The van der Waals surface area contributed by atoms with E-state index in [9.17, 15) is 57.5 Å². The number of likely N-dealkylation sites (tertiary alicyclic amines) is 2. The van der Waals surface area contributed by atoms with Crippen molar-refractivity contribution in [1.82, 2.24) is 19.6 Å². The molecule has 74 heavy (non-hydrogen) atoms. The summed E-state index contributed by atoms with van der Waals surface area (Å²) in [6.45, 7) is 12.1. The number of alkyl halides is 1. The fourth-order valence-corrected chi connectivity index (χ4v) is 8.50. The fraction of sp³-hybridized carbons (Fsp3) is 0.529. The van der Waals surface area contributed by atoms with Crippen LogP contribution in [-0.2, 0) is 43.0 Å². The molecule has 4 heterocycles. The minimum atomic E-state index is -1.34.